The Morgan fingerprint density at radius 3 is 2.56 bits per heavy atom. The van der Waals surface area contributed by atoms with Crippen molar-refractivity contribution < 1.29 is 9.59 Å². The van der Waals surface area contributed by atoms with Gasteiger partial charge in [0.25, 0.3) is 0 Å². The number of carbonyl (C=O) groups is 2. The predicted octanol–water partition coefficient (Wildman–Crippen LogP) is 3.08. The molecule has 1 aromatic carbocycles. The van der Waals surface area contributed by atoms with Crippen molar-refractivity contribution in [2.24, 2.45) is 0 Å². The zero-order valence-corrected chi connectivity index (χ0v) is 16.8. The molecule has 6 heteroatoms. The normalized spacial score (nSPS) is 15.0. The smallest absolute Gasteiger partial charge is 0.238 e. The highest BCUT2D eigenvalue weighted by Crippen LogP contribution is 2.18. The fourth-order valence-corrected chi connectivity index (χ4v) is 3.99. The lowest BCUT2D eigenvalue weighted by Crippen LogP contribution is -2.50. The molecule has 1 N–H and O–H groups in total. The minimum Gasteiger partial charge on any atom is -0.340 e. The van der Waals surface area contributed by atoms with Crippen LogP contribution in [0.4, 0.5) is 5.69 Å². The summed E-state index contributed by atoms with van der Waals surface area (Å²) in [6.45, 7) is 7.30. The van der Waals surface area contributed by atoms with Gasteiger partial charge >= 0.3 is 0 Å². The maximum atomic E-state index is 12.4. The van der Waals surface area contributed by atoms with Gasteiger partial charge in [-0.2, -0.15) is 0 Å². The molecule has 2 heterocycles. The second-order valence-corrected chi connectivity index (χ2v) is 8.06. The second kappa shape index (κ2) is 9.15. The van der Waals surface area contributed by atoms with Gasteiger partial charge in [0.1, 0.15) is 0 Å². The maximum Gasteiger partial charge on any atom is 0.238 e. The van der Waals surface area contributed by atoms with Crippen molar-refractivity contribution in [3.63, 3.8) is 0 Å². The van der Waals surface area contributed by atoms with Crippen LogP contribution in [0.1, 0.15) is 22.4 Å². The Morgan fingerprint density at radius 2 is 1.85 bits per heavy atom. The summed E-state index contributed by atoms with van der Waals surface area (Å²) in [5, 5.41) is 5.05. The Morgan fingerprint density at radius 1 is 1.07 bits per heavy atom. The molecule has 5 nitrogen and oxygen atoms in total. The summed E-state index contributed by atoms with van der Waals surface area (Å²) < 4.78 is 0. The molecule has 2 aromatic rings. The lowest BCUT2D eigenvalue weighted by Gasteiger charge is -2.34. The Hall–Kier alpha value is -2.18. The van der Waals surface area contributed by atoms with E-state index >= 15 is 0 Å². The SMILES string of the molecule is Cc1cccc(NC(=O)CN2CCN(C(=O)CCc3cccs3)CC2)c1C. The predicted molar refractivity (Wildman–Crippen MR) is 110 cm³/mol. The number of hydrogen-bond acceptors (Lipinski definition) is 4. The van der Waals surface area contributed by atoms with Gasteiger partial charge in [0.2, 0.25) is 11.8 Å². The molecule has 0 aliphatic carbocycles. The lowest BCUT2D eigenvalue weighted by molar-refractivity contribution is -0.133. The third-order valence-corrected chi connectivity index (χ3v) is 6.07. The highest BCUT2D eigenvalue weighted by molar-refractivity contribution is 7.09. The molecular weight excluding hydrogens is 358 g/mol. The Balaban J connectivity index is 1.41. The zero-order chi connectivity index (χ0) is 19.2. The van der Waals surface area contributed by atoms with Crippen molar-refractivity contribution in [3.05, 3.63) is 51.7 Å². The summed E-state index contributed by atoms with van der Waals surface area (Å²) in [4.78, 5) is 30.0. The fourth-order valence-electron chi connectivity index (χ4n) is 3.28. The van der Waals surface area contributed by atoms with E-state index in [-0.39, 0.29) is 11.8 Å². The molecular formula is C21H27N3O2S. The fraction of sp³-hybridized carbons (Fsp3) is 0.429. The average Bonchev–Trinajstić information content (AvgIpc) is 3.18. The van der Waals surface area contributed by atoms with E-state index in [1.807, 2.05) is 48.4 Å². The molecule has 27 heavy (non-hydrogen) atoms. The Bertz CT molecular complexity index is 781. The molecule has 0 spiro atoms. The minimum atomic E-state index is 0.00109. The molecule has 1 aliphatic rings. The lowest BCUT2D eigenvalue weighted by atomic mass is 10.1. The molecule has 2 amide bonds. The molecule has 0 saturated carbocycles. The zero-order valence-electron chi connectivity index (χ0n) is 16.0. The van der Waals surface area contributed by atoms with E-state index in [0.29, 0.717) is 26.1 Å². The number of aryl methyl sites for hydroxylation is 2. The van der Waals surface area contributed by atoms with Crippen molar-refractivity contribution in [2.45, 2.75) is 26.7 Å². The third kappa shape index (κ3) is 5.40. The number of nitrogens with one attached hydrogen (secondary N) is 1. The van der Waals surface area contributed by atoms with Gasteiger partial charge in [0.05, 0.1) is 6.54 Å². The first-order valence-electron chi connectivity index (χ1n) is 9.41. The van der Waals surface area contributed by atoms with Crippen LogP contribution in [0.2, 0.25) is 0 Å². The van der Waals surface area contributed by atoms with Crippen molar-refractivity contribution in [1.29, 1.82) is 0 Å². The summed E-state index contributed by atoms with van der Waals surface area (Å²) in [6.07, 6.45) is 1.38. The highest BCUT2D eigenvalue weighted by atomic mass is 32.1. The van der Waals surface area contributed by atoms with Crippen LogP contribution in [0.25, 0.3) is 0 Å². The molecule has 1 aromatic heterocycles. The van der Waals surface area contributed by atoms with Crippen LogP contribution in [0.15, 0.2) is 35.7 Å². The van der Waals surface area contributed by atoms with Crippen LogP contribution in [0, 0.1) is 13.8 Å². The van der Waals surface area contributed by atoms with Crippen LogP contribution in [-0.4, -0.2) is 54.3 Å². The first-order valence-corrected chi connectivity index (χ1v) is 10.3. The van der Waals surface area contributed by atoms with E-state index in [1.54, 1.807) is 11.3 Å². The molecule has 0 radical (unpaired) electrons. The van der Waals surface area contributed by atoms with Crippen LogP contribution >= 0.6 is 11.3 Å². The second-order valence-electron chi connectivity index (χ2n) is 7.03. The monoisotopic (exact) mass is 385 g/mol. The van der Waals surface area contributed by atoms with Gasteiger partial charge in [-0.05, 0) is 48.9 Å². The number of nitrogens with zero attached hydrogens (tertiary/aromatic N) is 2. The third-order valence-electron chi connectivity index (χ3n) is 5.14. The van der Waals surface area contributed by atoms with E-state index < -0.39 is 0 Å². The quantitative estimate of drug-likeness (QED) is 0.831. The van der Waals surface area contributed by atoms with Crippen LogP contribution in [0.3, 0.4) is 0 Å². The number of piperazine rings is 1. The number of carbonyl (C=O) groups excluding carboxylic acids is 2. The molecule has 1 aliphatic heterocycles. The largest absolute Gasteiger partial charge is 0.340 e. The van der Waals surface area contributed by atoms with Gasteiger partial charge in [-0.3, -0.25) is 14.5 Å². The van der Waals surface area contributed by atoms with Gasteiger partial charge in [-0.15, -0.1) is 11.3 Å². The number of anilines is 1. The van der Waals surface area contributed by atoms with Crippen molar-refractivity contribution in [2.75, 3.05) is 38.0 Å². The number of benzene rings is 1. The van der Waals surface area contributed by atoms with Gasteiger partial charge in [-0.25, -0.2) is 0 Å². The summed E-state index contributed by atoms with van der Waals surface area (Å²) in [5.41, 5.74) is 3.15. The van der Waals surface area contributed by atoms with Crippen molar-refractivity contribution in [3.8, 4) is 0 Å². The number of hydrogen-bond donors (Lipinski definition) is 1. The standard InChI is InChI=1S/C21H27N3O2S/c1-16-5-3-7-19(17(16)2)22-20(25)15-23-10-12-24(13-11-23)21(26)9-8-18-6-4-14-27-18/h3-7,14H,8-13,15H2,1-2H3,(H,22,25). The van der Waals surface area contributed by atoms with Crippen LogP contribution in [-0.2, 0) is 16.0 Å². The summed E-state index contributed by atoms with van der Waals surface area (Å²) in [5.74, 6) is 0.212. The van der Waals surface area contributed by atoms with Crippen LogP contribution < -0.4 is 5.32 Å². The summed E-state index contributed by atoms with van der Waals surface area (Å²) >= 11 is 1.70. The topological polar surface area (TPSA) is 52.7 Å². The van der Waals surface area contributed by atoms with Gasteiger partial charge < -0.3 is 10.2 Å². The summed E-state index contributed by atoms with van der Waals surface area (Å²) in [6, 6.07) is 10.0. The van der Waals surface area contributed by atoms with Crippen LogP contribution in [0.5, 0.6) is 0 Å². The first-order chi connectivity index (χ1) is 13.0. The number of amides is 2. The average molecular weight is 386 g/mol. The van der Waals surface area contributed by atoms with E-state index in [0.717, 1.165) is 30.8 Å². The minimum absolute atomic E-state index is 0.00109. The molecule has 0 atom stereocenters. The highest BCUT2D eigenvalue weighted by Gasteiger charge is 2.22. The molecule has 0 bridgehead atoms. The number of rotatable bonds is 6. The van der Waals surface area contributed by atoms with Gasteiger partial charge in [0, 0.05) is 43.2 Å². The van der Waals surface area contributed by atoms with E-state index in [1.165, 1.54) is 10.4 Å². The Labute approximate surface area is 165 Å². The molecule has 3 rings (SSSR count). The van der Waals surface area contributed by atoms with Crippen molar-refractivity contribution >= 4 is 28.8 Å². The molecule has 1 fully saturated rings. The molecule has 144 valence electrons. The van der Waals surface area contributed by atoms with E-state index in [2.05, 4.69) is 16.3 Å². The van der Waals surface area contributed by atoms with Gasteiger partial charge in [-0.1, -0.05) is 18.2 Å². The van der Waals surface area contributed by atoms with E-state index in [9.17, 15) is 9.59 Å². The van der Waals surface area contributed by atoms with E-state index in [4.69, 9.17) is 0 Å². The maximum absolute atomic E-state index is 12.4. The molecule has 0 unspecified atom stereocenters. The van der Waals surface area contributed by atoms with Crippen molar-refractivity contribution in [1.82, 2.24) is 9.80 Å². The number of thiophene rings is 1. The Kier molecular flexibility index (Phi) is 6.63. The molecule has 1 saturated heterocycles. The van der Waals surface area contributed by atoms with Gasteiger partial charge in [0.15, 0.2) is 0 Å². The summed E-state index contributed by atoms with van der Waals surface area (Å²) in [7, 11) is 0. The first kappa shape index (κ1) is 19.6.